The van der Waals surface area contributed by atoms with Gasteiger partial charge < -0.3 is 20.3 Å². The topological polar surface area (TPSA) is 70.7 Å². The number of hydrogen-bond donors (Lipinski definition) is 2. The molecular formula is C24H25N3O3. The van der Waals surface area contributed by atoms with Crippen LogP contribution in [0.2, 0.25) is 0 Å². The summed E-state index contributed by atoms with van der Waals surface area (Å²) in [5, 5.41) is 5.88. The van der Waals surface area contributed by atoms with Crippen molar-refractivity contribution < 1.29 is 14.3 Å². The van der Waals surface area contributed by atoms with Crippen LogP contribution < -0.4 is 20.3 Å². The molecule has 0 unspecified atom stereocenters. The number of ether oxygens (including phenoxy) is 1. The Hall–Kier alpha value is -3.80. The third-order valence-electron chi connectivity index (χ3n) is 4.59. The Kier molecular flexibility index (Phi) is 7.05. The van der Waals surface area contributed by atoms with Crippen molar-refractivity contribution in [2.45, 2.75) is 6.92 Å². The lowest BCUT2D eigenvalue weighted by atomic mass is 10.1. The van der Waals surface area contributed by atoms with E-state index in [0.717, 1.165) is 17.1 Å². The molecule has 3 aromatic rings. The molecule has 0 saturated carbocycles. The zero-order valence-electron chi connectivity index (χ0n) is 17.1. The molecule has 30 heavy (non-hydrogen) atoms. The van der Waals surface area contributed by atoms with E-state index in [0.29, 0.717) is 17.8 Å². The summed E-state index contributed by atoms with van der Waals surface area (Å²) in [4.78, 5) is 26.7. The van der Waals surface area contributed by atoms with Gasteiger partial charge in [0.05, 0.1) is 13.7 Å². The number of carbonyl (C=O) groups excluding carboxylic acids is 2. The third-order valence-corrected chi connectivity index (χ3v) is 4.59. The highest BCUT2D eigenvalue weighted by Crippen LogP contribution is 2.18. The fourth-order valence-corrected chi connectivity index (χ4v) is 3.00. The van der Waals surface area contributed by atoms with Gasteiger partial charge >= 0.3 is 0 Å². The number of carbonyl (C=O) groups is 2. The van der Waals surface area contributed by atoms with E-state index in [1.165, 1.54) is 0 Å². The van der Waals surface area contributed by atoms with Gasteiger partial charge in [0.25, 0.3) is 5.91 Å². The zero-order valence-corrected chi connectivity index (χ0v) is 17.1. The summed E-state index contributed by atoms with van der Waals surface area (Å²) in [7, 11) is 1.60. The first-order valence-electron chi connectivity index (χ1n) is 9.75. The summed E-state index contributed by atoms with van der Waals surface area (Å²) in [6.45, 7) is 2.64. The van der Waals surface area contributed by atoms with E-state index >= 15 is 0 Å². The summed E-state index contributed by atoms with van der Waals surface area (Å²) < 4.78 is 5.10. The molecule has 3 aromatic carbocycles. The minimum Gasteiger partial charge on any atom is -0.497 e. The van der Waals surface area contributed by atoms with Crippen LogP contribution in [0.15, 0.2) is 78.9 Å². The molecule has 0 aliphatic heterocycles. The van der Waals surface area contributed by atoms with Gasteiger partial charge in [-0.05, 0) is 67.6 Å². The van der Waals surface area contributed by atoms with Crippen molar-refractivity contribution in [1.82, 2.24) is 0 Å². The maximum atomic E-state index is 12.8. The molecule has 6 heteroatoms. The fourth-order valence-electron chi connectivity index (χ4n) is 3.00. The smallest absolute Gasteiger partial charge is 0.258 e. The number of methoxy groups -OCH3 is 1. The third kappa shape index (κ3) is 5.38. The van der Waals surface area contributed by atoms with Crippen molar-refractivity contribution in [2.24, 2.45) is 0 Å². The van der Waals surface area contributed by atoms with E-state index < -0.39 is 0 Å². The Labute approximate surface area is 176 Å². The Morgan fingerprint density at radius 2 is 1.50 bits per heavy atom. The molecule has 2 N–H and O–H groups in total. The van der Waals surface area contributed by atoms with Crippen LogP contribution in [0.3, 0.4) is 0 Å². The summed E-state index contributed by atoms with van der Waals surface area (Å²) in [6.07, 6.45) is 0. The van der Waals surface area contributed by atoms with Gasteiger partial charge in [0.2, 0.25) is 5.91 Å². The summed E-state index contributed by atoms with van der Waals surface area (Å²) in [5.74, 6) is 0.503. The molecule has 2 amide bonds. The van der Waals surface area contributed by atoms with E-state index in [-0.39, 0.29) is 18.4 Å². The van der Waals surface area contributed by atoms with E-state index in [4.69, 9.17) is 4.74 Å². The Morgan fingerprint density at radius 3 is 2.10 bits per heavy atom. The van der Waals surface area contributed by atoms with Crippen molar-refractivity contribution >= 4 is 28.9 Å². The molecule has 6 nitrogen and oxygen atoms in total. The van der Waals surface area contributed by atoms with Crippen molar-refractivity contribution in [1.29, 1.82) is 0 Å². The van der Waals surface area contributed by atoms with Crippen molar-refractivity contribution in [3.8, 4) is 5.75 Å². The first-order chi connectivity index (χ1) is 14.6. The molecule has 0 radical (unpaired) electrons. The molecule has 0 saturated heterocycles. The van der Waals surface area contributed by atoms with E-state index in [1.807, 2.05) is 37.3 Å². The van der Waals surface area contributed by atoms with Crippen LogP contribution >= 0.6 is 0 Å². The van der Waals surface area contributed by atoms with Crippen molar-refractivity contribution in [3.05, 3.63) is 84.4 Å². The molecule has 0 bridgehead atoms. The van der Waals surface area contributed by atoms with Crippen LogP contribution in [-0.4, -0.2) is 32.0 Å². The minimum atomic E-state index is -0.165. The number of benzene rings is 3. The second-order valence-electron chi connectivity index (χ2n) is 6.59. The lowest BCUT2D eigenvalue weighted by molar-refractivity contribution is -0.114. The zero-order chi connectivity index (χ0) is 21.3. The van der Waals surface area contributed by atoms with Crippen LogP contribution in [0.4, 0.5) is 17.1 Å². The number of rotatable bonds is 8. The SMILES string of the molecule is CCN(C(=O)c1ccc(NCC(=O)Nc2ccc(OC)cc2)cc1)c1ccccc1. The fraction of sp³-hybridized carbons (Fsp3) is 0.167. The Morgan fingerprint density at radius 1 is 0.867 bits per heavy atom. The van der Waals surface area contributed by atoms with Gasteiger partial charge in [-0.2, -0.15) is 0 Å². The van der Waals surface area contributed by atoms with Gasteiger partial charge in [-0.15, -0.1) is 0 Å². The first-order valence-corrected chi connectivity index (χ1v) is 9.75. The average Bonchev–Trinajstić information content (AvgIpc) is 2.80. The predicted octanol–water partition coefficient (Wildman–Crippen LogP) is 4.41. The molecular weight excluding hydrogens is 378 g/mol. The molecule has 0 fully saturated rings. The van der Waals surface area contributed by atoms with Crippen molar-refractivity contribution in [2.75, 3.05) is 35.7 Å². The lowest BCUT2D eigenvalue weighted by Gasteiger charge is -2.21. The monoisotopic (exact) mass is 403 g/mol. The normalized spacial score (nSPS) is 10.2. The summed E-state index contributed by atoms with van der Waals surface area (Å²) >= 11 is 0. The highest BCUT2D eigenvalue weighted by atomic mass is 16.5. The van der Waals surface area contributed by atoms with Crippen LogP contribution in [0, 0.1) is 0 Å². The van der Waals surface area contributed by atoms with Gasteiger partial charge in [0.1, 0.15) is 5.75 Å². The maximum Gasteiger partial charge on any atom is 0.258 e. The number of nitrogens with zero attached hydrogens (tertiary/aromatic N) is 1. The lowest BCUT2D eigenvalue weighted by Crippen LogP contribution is -2.30. The summed E-state index contributed by atoms with van der Waals surface area (Å²) in [5.41, 5.74) is 2.92. The number of nitrogens with one attached hydrogen (secondary N) is 2. The second-order valence-corrected chi connectivity index (χ2v) is 6.59. The van der Waals surface area contributed by atoms with Crippen molar-refractivity contribution in [3.63, 3.8) is 0 Å². The largest absolute Gasteiger partial charge is 0.497 e. The average molecular weight is 403 g/mol. The second kappa shape index (κ2) is 10.1. The Balaban J connectivity index is 1.56. The molecule has 0 aromatic heterocycles. The van der Waals surface area contributed by atoms with Gasteiger partial charge in [-0.3, -0.25) is 9.59 Å². The number of para-hydroxylation sites is 1. The van der Waals surface area contributed by atoms with Crippen LogP contribution in [0.1, 0.15) is 17.3 Å². The highest BCUT2D eigenvalue weighted by Gasteiger charge is 2.15. The molecule has 154 valence electrons. The highest BCUT2D eigenvalue weighted by molar-refractivity contribution is 6.06. The number of amides is 2. The number of hydrogen-bond acceptors (Lipinski definition) is 4. The maximum absolute atomic E-state index is 12.8. The minimum absolute atomic E-state index is 0.0625. The molecule has 0 aliphatic carbocycles. The van der Waals surface area contributed by atoms with Gasteiger partial charge in [0, 0.05) is 29.2 Å². The van der Waals surface area contributed by atoms with E-state index in [2.05, 4.69) is 10.6 Å². The van der Waals surface area contributed by atoms with Crippen LogP contribution in [-0.2, 0) is 4.79 Å². The molecule has 0 atom stereocenters. The van der Waals surface area contributed by atoms with Gasteiger partial charge in [-0.25, -0.2) is 0 Å². The standard InChI is InChI=1S/C24H25N3O3/c1-3-27(21-7-5-4-6-8-21)24(29)18-9-11-19(12-10-18)25-17-23(28)26-20-13-15-22(30-2)16-14-20/h4-16,25H,3,17H2,1-2H3,(H,26,28). The first kappa shape index (κ1) is 20.9. The molecule has 0 aliphatic rings. The predicted molar refractivity (Wildman–Crippen MR) is 120 cm³/mol. The molecule has 0 spiro atoms. The number of anilines is 3. The van der Waals surface area contributed by atoms with E-state index in [1.54, 1.807) is 60.5 Å². The summed E-state index contributed by atoms with van der Waals surface area (Å²) in [6, 6.07) is 23.8. The van der Waals surface area contributed by atoms with Gasteiger partial charge in [0.15, 0.2) is 0 Å². The van der Waals surface area contributed by atoms with E-state index in [9.17, 15) is 9.59 Å². The molecule has 0 heterocycles. The molecule has 3 rings (SSSR count). The quantitative estimate of drug-likeness (QED) is 0.584. The Bertz CT molecular complexity index is 971. The van der Waals surface area contributed by atoms with Crippen LogP contribution in [0.25, 0.3) is 0 Å². The van der Waals surface area contributed by atoms with Crippen LogP contribution in [0.5, 0.6) is 5.75 Å². The van der Waals surface area contributed by atoms with Gasteiger partial charge in [-0.1, -0.05) is 18.2 Å².